The van der Waals surface area contributed by atoms with E-state index in [1.165, 1.54) is 19.2 Å². The number of carbonyl (C=O) groups is 3. The minimum atomic E-state index is -0.843. The number of hydrogen-bond donors (Lipinski definition) is 2. The highest BCUT2D eigenvalue weighted by atomic mass is 16.5. The van der Waals surface area contributed by atoms with Crippen LogP contribution in [-0.4, -0.2) is 35.7 Å². The van der Waals surface area contributed by atoms with Crippen LogP contribution < -0.4 is 5.32 Å². The lowest BCUT2D eigenvalue weighted by Gasteiger charge is -2.21. The van der Waals surface area contributed by atoms with Gasteiger partial charge in [-0.05, 0) is 18.2 Å². The molecule has 0 spiro atoms. The van der Waals surface area contributed by atoms with Crippen molar-refractivity contribution in [2.75, 3.05) is 12.4 Å². The SMILES string of the molecule is COC(=O)c1ccccc1NC(=O)C1=C(O)C2C=CC=CC2=NC1=O. The third kappa shape index (κ3) is 2.99. The summed E-state index contributed by atoms with van der Waals surface area (Å²) in [7, 11) is 1.22. The summed E-state index contributed by atoms with van der Waals surface area (Å²) in [6.45, 7) is 0. The van der Waals surface area contributed by atoms with Gasteiger partial charge in [0.25, 0.3) is 11.8 Å². The molecule has 1 unspecified atom stereocenters. The van der Waals surface area contributed by atoms with Crippen LogP contribution in [0.2, 0.25) is 0 Å². The van der Waals surface area contributed by atoms with Crippen LogP contribution >= 0.6 is 0 Å². The number of anilines is 1. The number of allylic oxidation sites excluding steroid dienone is 4. The highest BCUT2D eigenvalue weighted by Gasteiger charge is 2.34. The van der Waals surface area contributed by atoms with Gasteiger partial charge in [0.15, 0.2) is 0 Å². The van der Waals surface area contributed by atoms with Crippen LogP contribution in [-0.2, 0) is 14.3 Å². The van der Waals surface area contributed by atoms with Crippen molar-refractivity contribution < 1.29 is 24.2 Å². The predicted octanol–water partition coefficient (Wildman–Crippen LogP) is 1.95. The molecule has 1 heterocycles. The molecule has 1 aromatic carbocycles. The van der Waals surface area contributed by atoms with Crippen LogP contribution in [0.15, 0.2) is 64.9 Å². The van der Waals surface area contributed by atoms with E-state index >= 15 is 0 Å². The number of rotatable bonds is 3. The first-order valence-corrected chi connectivity index (χ1v) is 7.42. The van der Waals surface area contributed by atoms with E-state index in [1.54, 1.807) is 36.4 Å². The van der Waals surface area contributed by atoms with E-state index in [1.807, 2.05) is 0 Å². The topological polar surface area (TPSA) is 105 Å². The molecule has 2 amide bonds. The van der Waals surface area contributed by atoms with Gasteiger partial charge in [0.1, 0.15) is 11.3 Å². The van der Waals surface area contributed by atoms with Crippen molar-refractivity contribution in [2.24, 2.45) is 10.9 Å². The summed E-state index contributed by atoms with van der Waals surface area (Å²) < 4.78 is 4.66. The molecular weight excluding hydrogens is 324 g/mol. The van der Waals surface area contributed by atoms with Gasteiger partial charge in [-0.15, -0.1) is 0 Å². The maximum Gasteiger partial charge on any atom is 0.339 e. The summed E-state index contributed by atoms with van der Waals surface area (Å²) in [5.41, 5.74) is 0.220. The summed E-state index contributed by atoms with van der Waals surface area (Å²) in [4.78, 5) is 40.3. The number of aliphatic imine (C=N–C) groups is 1. The number of ether oxygens (including phenoxy) is 1. The summed E-state index contributed by atoms with van der Waals surface area (Å²) in [5, 5.41) is 12.8. The molecule has 1 aliphatic carbocycles. The summed E-state index contributed by atoms with van der Waals surface area (Å²) >= 11 is 0. The van der Waals surface area contributed by atoms with Gasteiger partial charge in [-0.25, -0.2) is 9.79 Å². The number of fused-ring (bicyclic) bond motifs is 1. The molecule has 0 radical (unpaired) electrons. The standard InChI is InChI=1S/C18H14N2O5/c1-25-18(24)11-7-3-5-9-13(11)20-17(23)14-15(21)10-6-2-4-8-12(10)19-16(14)22/h2-10,21H,1H3,(H,20,23). The molecule has 7 nitrogen and oxygen atoms in total. The normalized spacial score (nSPS) is 18.5. The van der Waals surface area contributed by atoms with E-state index in [2.05, 4.69) is 15.0 Å². The molecule has 7 heteroatoms. The smallest absolute Gasteiger partial charge is 0.339 e. The Morgan fingerprint density at radius 3 is 2.76 bits per heavy atom. The van der Waals surface area contributed by atoms with E-state index in [0.29, 0.717) is 5.71 Å². The van der Waals surface area contributed by atoms with Gasteiger partial charge in [0, 0.05) is 0 Å². The zero-order valence-electron chi connectivity index (χ0n) is 13.2. The fourth-order valence-electron chi connectivity index (χ4n) is 2.59. The van der Waals surface area contributed by atoms with E-state index in [4.69, 9.17) is 0 Å². The third-order valence-corrected chi connectivity index (χ3v) is 3.80. The highest BCUT2D eigenvalue weighted by Crippen LogP contribution is 2.27. The fourth-order valence-corrected chi connectivity index (χ4v) is 2.59. The molecule has 0 bridgehead atoms. The zero-order valence-corrected chi connectivity index (χ0v) is 13.2. The molecule has 25 heavy (non-hydrogen) atoms. The highest BCUT2D eigenvalue weighted by molar-refractivity contribution is 6.28. The molecule has 0 aromatic heterocycles. The van der Waals surface area contributed by atoms with Crippen molar-refractivity contribution in [3.8, 4) is 0 Å². The number of amides is 2. The van der Waals surface area contributed by atoms with Crippen molar-refractivity contribution in [3.63, 3.8) is 0 Å². The molecule has 1 atom stereocenters. The lowest BCUT2D eigenvalue weighted by molar-refractivity contribution is -0.119. The Morgan fingerprint density at radius 2 is 2.00 bits per heavy atom. The Kier molecular flexibility index (Phi) is 4.30. The Balaban J connectivity index is 1.92. The molecule has 0 saturated carbocycles. The first-order valence-electron chi connectivity index (χ1n) is 7.42. The summed E-state index contributed by atoms with van der Waals surface area (Å²) in [5.74, 6) is -3.32. The monoisotopic (exact) mass is 338 g/mol. The first-order chi connectivity index (χ1) is 12.0. The number of aliphatic hydroxyl groups excluding tert-OH is 1. The Labute approximate surface area is 143 Å². The van der Waals surface area contributed by atoms with Gasteiger partial charge >= 0.3 is 5.97 Å². The van der Waals surface area contributed by atoms with Gasteiger partial charge in [-0.2, -0.15) is 0 Å². The third-order valence-electron chi connectivity index (χ3n) is 3.80. The zero-order chi connectivity index (χ0) is 18.0. The lowest BCUT2D eigenvalue weighted by atomic mass is 9.90. The second kappa shape index (κ2) is 6.56. The molecule has 1 aromatic rings. The second-order valence-electron chi connectivity index (χ2n) is 5.32. The average molecular weight is 338 g/mol. The molecule has 0 saturated heterocycles. The molecule has 2 N–H and O–H groups in total. The number of hydrogen-bond acceptors (Lipinski definition) is 5. The van der Waals surface area contributed by atoms with Crippen molar-refractivity contribution in [2.45, 2.75) is 0 Å². The Hall–Kier alpha value is -3.48. The van der Waals surface area contributed by atoms with E-state index in [-0.39, 0.29) is 17.0 Å². The molecule has 3 rings (SSSR count). The van der Waals surface area contributed by atoms with E-state index < -0.39 is 29.3 Å². The minimum Gasteiger partial charge on any atom is -0.510 e. The molecule has 1 aliphatic heterocycles. The van der Waals surface area contributed by atoms with Crippen LogP contribution in [0.5, 0.6) is 0 Å². The van der Waals surface area contributed by atoms with Crippen molar-refractivity contribution in [1.29, 1.82) is 0 Å². The number of dihydropyridines is 1. The molecule has 0 fully saturated rings. The van der Waals surface area contributed by atoms with Crippen LogP contribution in [0.4, 0.5) is 5.69 Å². The number of methoxy groups -OCH3 is 1. The van der Waals surface area contributed by atoms with Gasteiger partial charge in [0.2, 0.25) is 0 Å². The van der Waals surface area contributed by atoms with Gasteiger partial charge in [0.05, 0.1) is 30.0 Å². The van der Waals surface area contributed by atoms with Gasteiger partial charge in [-0.1, -0.05) is 30.4 Å². The largest absolute Gasteiger partial charge is 0.510 e. The lowest BCUT2D eigenvalue weighted by Crippen LogP contribution is -2.31. The first kappa shape index (κ1) is 16.4. The number of esters is 1. The predicted molar refractivity (Wildman–Crippen MR) is 90.3 cm³/mol. The summed E-state index contributed by atoms with van der Waals surface area (Å²) in [6, 6.07) is 6.19. The number of para-hydroxylation sites is 1. The number of nitrogens with zero attached hydrogens (tertiary/aromatic N) is 1. The number of nitrogens with one attached hydrogen (secondary N) is 1. The quantitative estimate of drug-likeness (QED) is 0.647. The van der Waals surface area contributed by atoms with Gasteiger partial charge in [-0.3, -0.25) is 9.59 Å². The van der Waals surface area contributed by atoms with Crippen molar-refractivity contribution in [3.05, 3.63) is 65.5 Å². The number of carbonyl (C=O) groups excluding carboxylic acids is 3. The maximum atomic E-state index is 12.5. The summed E-state index contributed by atoms with van der Waals surface area (Å²) in [6.07, 6.45) is 6.61. The van der Waals surface area contributed by atoms with Gasteiger partial charge < -0.3 is 15.2 Å². The molecule has 126 valence electrons. The van der Waals surface area contributed by atoms with Crippen LogP contribution in [0.1, 0.15) is 10.4 Å². The second-order valence-corrected chi connectivity index (χ2v) is 5.32. The van der Waals surface area contributed by atoms with E-state index in [9.17, 15) is 19.5 Å². The maximum absolute atomic E-state index is 12.5. The minimum absolute atomic E-state index is 0.131. The molecule has 2 aliphatic rings. The molecular formula is C18H14N2O5. The Morgan fingerprint density at radius 1 is 1.24 bits per heavy atom. The average Bonchev–Trinajstić information content (AvgIpc) is 2.61. The number of benzene rings is 1. The number of aliphatic hydroxyl groups is 1. The Bertz CT molecular complexity index is 892. The van der Waals surface area contributed by atoms with Crippen molar-refractivity contribution in [1.82, 2.24) is 0 Å². The van der Waals surface area contributed by atoms with E-state index in [0.717, 1.165) is 0 Å². The van der Waals surface area contributed by atoms with Crippen LogP contribution in [0, 0.1) is 5.92 Å². The fraction of sp³-hybridized carbons (Fsp3) is 0.111. The van der Waals surface area contributed by atoms with Crippen molar-refractivity contribution >= 4 is 29.2 Å². The van der Waals surface area contributed by atoms with Crippen LogP contribution in [0.25, 0.3) is 0 Å². The van der Waals surface area contributed by atoms with Crippen LogP contribution in [0.3, 0.4) is 0 Å².